The quantitative estimate of drug-likeness (QED) is 0.807. The van der Waals surface area contributed by atoms with Gasteiger partial charge >= 0.3 is 0 Å². The van der Waals surface area contributed by atoms with Crippen LogP contribution in [0.4, 0.5) is 0 Å². The standard InChI is InChI=1S/C17H28N2/c1-4-10-19(16-12-18-13-16)17(11-14(2)3)15-8-6-5-7-9-15/h5-9,14,16-18H,4,10-13H2,1-3H3. The van der Waals surface area contributed by atoms with Crippen molar-refractivity contribution in [3.8, 4) is 0 Å². The molecular weight excluding hydrogens is 232 g/mol. The highest BCUT2D eigenvalue weighted by molar-refractivity contribution is 5.19. The van der Waals surface area contributed by atoms with Crippen LogP contribution in [0.25, 0.3) is 0 Å². The minimum Gasteiger partial charge on any atom is -0.314 e. The van der Waals surface area contributed by atoms with Gasteiger partial charge in [-0.3, -0.25) is 4.90 Å². The van der Waals surface area contributed by atoms with Crippen molar-refractivity contribution < 1.29 is 0 Å². The van der Waals surface area contributed by atoms with Crippen molar-refractivity contribution in [3.63, 3.8) is 0 Å². The second-order valence-electron chi connectivity index (χ2n) is 6.11. The number of nitrogens with one attached hydrogen (secondary N) is 1. The molecule has 0 radical (unpaired) electrons. The molecule has 1 N–H and O–H groups in total. The van der Waals surface area contributed by atoms with Crippen LogP contribution in [0.3, 0.4) is 0 Å². The van der Waals surface area contributed by atoms with E-state index in [-0.39, 0.29) is 0 Å². The Labute approximate surface area is 118 Å². The molecule has 1 fully saturated rings. The Morgan fingerprint density at radius 1 is 1.21 bits per heavy atom. The maximum absolute atomic E-state index is 3.42. The molecular formula is C17H28N2. The highest BCUT2D eigenvalue weighted by atomic mass is 15.3. The van der Waals surface area contributed by atoms with Gasteiger partial charge in [-0.05, 0) is 30.9 Å². The first kappa shape index (κ1) is 14.5. The zero-order valence-electron chi connectivity index (χ0n) is 12.6. The van der Waals surface area contributed by atoms with E-state index in [0.717, 1.165) is 25.0 Å². The second kappa shape index (κ2) is 7.06. The van der Waals surface area contributed by atoms with Gasteiger partial charge in [0.2, 0.25) is 0 Å². The van der Waals surface area contributed by atoms with Gasteiger partial charge in [-0.25, -0.2) is 0 Å². The van der Waals surface area contributed by atoms with Crippen molar-refractivity contribution in [3.05, 3.63) is 35.9 Å². The van der Waals surface area contributed by atoms with Gasteiger partial charge in [-0.15, -0.1) is 0 Å². The summed E-state index contributed by atoms with van der Waals surface area (Å²) in [7, 11) is 0. The van der Waals surface area contributed by atoms with Crippen molar-refractivity contribution >= 4 is 0 Å². The van der Waals surface area contributed by atoms with Crippen LogP contribution in [0, 0.1) is 5.92 Å². The van der Waals surface area contributed by atoms with E-state index in [1.54, 1.807) is 0 Å². The van der Waals surface area contributed by atoms with Gasteiger partial charge in [0.1, 0.15) is 0 Å². The zero-order chi connectivity index (χ0) is 13.7. The van der Waals surface area contributed by atoms with E-state index in [1.165, 1.54) is 24.9 Å². The van der Waals surface area contributed by atoms with E-state index >= 15 is 0 Å². The van der Waals surface area contributed by atoms with Crippen molar-refractivity contribution in [2.45, 2.75) is 45.7 Å². The lowest BCUT2D eigenvalue weighted by atomic mass is 9.93. The fraction of sp³-hybridized carbons (Fsp3) is 0.647. The summed E-state index contributed by atoms with van der Waals surface area (Å²) in [6, 6.07) is 12.4. The molecule has 0 amide bonds. The van der Waals surface area contributed by atoms with Gasteiger partial charge < -0.3 is 5.32 Å². The molecule has 19 heavy (non-hydrogen) atoms. The molecule has 1 atom stereocenters. The van der Waals surface area contributed by atoms with Gasteiger partial charge in [0, 0.05) is 25.2 Å². The first-order valence-corrected chi connectivity index (χ1v) is 7.73. The Morgan fingerprint density at radius 3 is 2.37 bits per heavy atom. The van der Waals surface area contributed by atoms with Crippen molar-refractivity contribution in [1.29, 1.82) is 0 Å². The predicted octanol–water partition coefficient (Wildman–Crippen LogP) is 3.46. The number of hydrogen-bond acceptors (Lipinski definition) is 2. The van der Waals surface area contributed by atoms with Crippen LogP contribution in [-0.4, -0.2) is 30.6 Å². The van der Waals surface area contributed by atoms with Gasteiger partial charge in [-0.2, -0.15) is 0 Å². The van der Waals surface area contributed by atoms with Crippen LogP contribution in [0.15, 0.2) is 30.3 Å². The molecule has 2 rings (SSSR count). The van der Waals surface area contributed by atoms with Gasteiger partial charge in [0.15, 0.2) is 0 Å². The summed E-state index contributed by atoms with van der Waals surface area (Å²) >= 11 is 0. The van der Waals surface area contributed by atoms with Crippen LogP contribution >= 0.6 is 0 Å². The molecule has 1 aliphatic rings. The third kappa shape index (κ3) is 3.80. The summed E-state index contributed by atoms with van der Waals surface area (Å²) in [5.74, 6) is 0.734. The second-order valence-corrected chi connectivity index (χ2v) is 6.11. The Hall–Kier alpha value is -0.860. The Bertz CT molecular complexity index is 357. The van der Waals surface area contributed by atoms with E-state index in [1.807, 2.05) is 0 Å². The maximum Gasteiger partial charge on any atom is 0.0354 e. The topological polar surface area (TPSA) is 15.3 Å². The van der Waals surface area contributed by atoms with Crippen LogP contribution < -0.4 is 5.32 Å². The van der Waals surface area contributed by atoms with E-state index in [2.05, 4.69) is 61.3 Å². The zero-order valence-corrected chi connectivity index (χ0v) is 12.6. The molecule has 1 aliphatic heterocycles. The van der Waals surface area contributed by atoms with E-state index in [9.17, 15) is 0 Å². The molecule has 0 bridgehead atoms. The first-order chi connectivity index (χ1) is 9.22. The normalized spacial score (nSPS) is 17.7. The molecule has 1 unspecified atom stereocenters. The molecule has 1 aromatic rings. The SMILES string of the molecule is CCCN(C1CNC1)C(CC(C)C)c1ccccc1. The van der Waals surface area contributed by atoms with E-state index in [4.69, 9.17) is 0 Å². The number of rotatable bonds is 7. The monoisotopic (exact) mass is 260 g/mol. The average molecular weight is 260 g/mol. The molecule has 1 aromatic carbocycles. The lowest BCUT2D eigenvalue weighted by Crippen LogP contribution is -2.58. The summed E-state index contributed by atoms with van der Waals surface area (Å²) in [6.07, 6.45) is 2.48. The number of benzene rings is 1. The minimum atomic E-state index is 0.577. The summed E-state index contributed by atoms with van der Waals surface area (Å²) < 4.78 is 0. The highest BCUT2D eigenvalue weighted by Crippen LogP contribution is 2.30. The van der Waals surface area contributed by atoms with Gasteiger partial charge in [0.05, 0.1) is 0 Å². The molecule has 106 valence electrons. The molecule has 2 heteroatoms. The minimum absolute atomic E-state index is 0.577. The summed E-state index contributed by atoms with van der Waals surface area (Å²) in [5, 5.41) is 3.42. The smallest absolute Gasteiger partial charge is 0.0354 e. The third-order valence-corrected chi connectivity index (χ3v) is 3.99. The largest absolute Gasteiger partial charge is 0.314 e. The van der Waals surface area contributed by atoms with Crippen molar-refractivity contribution in [2.24, 2.45) is 5.92 Å². The fourth-order valence-electron chi connectivity index (χ4n) is 2.94. The Balaban J connectivity index is 2.18. The average Bonchev–Trinajstić information content (AvgIpc) is 2.34. The van der Waals surface area contributed by atoms with Gasteiger partial charge in [0.25, 0.3) is 0 Å². The maximum atomic E-state index is 3.42. The summed E-state index contributed by atoms with van der Waals surface area (Å²) in [5.41, 5.74) is 1.48. The molecule has 0 saturated carbocycles. The highest BCUT2D eigenvalue weighted by Gasteiger charge is 2.30. The number of nitrogens with zero attached hydrogens (tertiary/aromatic N) is 1. The van der Waals surface area contributed by atoms with Gasteiger partial charge in [-0.1, -0.05) is 51.1 Å². The first-order valence-electron chi connectivity index (χ1n) is 7.73. The van der Waals surface area contributed by atoms with Crippen molar-refractivity contribution in [1.82, 2.24) is 10.2 Å². The molecule has 2 nitrogen and oxygen atoms in total. The summed E-state index contributed by atoms with van der Waals surface area (Å²) in [4.78, 5) is 2.73. The van der Waals surface area contributed by atoms with Crippen LogP contribution in [0.1, 0.15) is 45.2 Å². The lowest BCUT2D eigenvalue weighted by Gasteiger charge is -2.43. The molecule has 0 aliphatic carbocycles. The number of hydrogen-bond donors (Lipinski definition) is 1. The van der Waals surface area contributed by atoms with E-state index in [0.29, 0.717) is 6.04 Å². The van der Waals surface area contributed by atoms with Crippen LogP contribution in [-0.2, 0) is 0 Å². The third-order valence-electron chi connectivity index (χ3n) is 3.99. The fourth-order valence-corrected chi connectivity index (χ4v) is 2.94. The molecule has 1 saturated heterocycles. The Morgan fingerprint density at radius 2 is 1.89 bits per heavy atom. The van der Waals surface area contributed by atoms with Crippen LogP contribution in [0.5, 0.6) is 0 Å². The molecule has 0 spiro atoms. The molecule has 0 aromatic heterocycles. The van der Waals surface area contributed by atoms with Crippen molar-refractivity contribution in [2.75, 3.05) is 19.6 Å². The summed E-state index contributed by atoms with van der Waals surface area (Å²) in [6.45, 7) is 10.5. The van der Waals surface area contributed by atoms with Crippen LogP contribution in [0.2, 0.25) is 0 Å². The lowest BCUT2D eigenvalue weighted by molar-refractivity contribution is 0.0822. The predicted molar refractivity (Wildman–Crippen MR) is 82.3 cm³/mol. The van der Waals surface area contributed by atoms with E-state index < -0.39 is 0 Å². The molecule has 1 heterocycles. The Kier molecular flexibility index (Phi) is 5.41.